The first kappa shape index (κ1) is 12.5. The first-order chi connectivity index (χ1) is 8.22. The average molecular weight is 253 g/mol. The Morgan fingerprint density at radius 2 is 2.47 bits per heavy atom. The lowest BCUT2D eigenvalue weighted by Crippen LogP contribution is -2.51. The summed E-state index contributed by atoms with van der Waals surface area (Å²) in [4.78, 5) is 18.5. The molecule has 1 aliphatic heterocycles. The van der Waals surface area contributed by atoms with Gasteiger partial charge in [0.15, 0.2) is 5.13 Å². The number of amides is 1. The lowest BCUT2D eigenvalue weighted by molar-refractivity contribution is -0.121. The largest absolute Gasteiger partial charge is 0.306 e. The van der Waals surface area contributed by atoms with E-state index in [2.05, 4.69) is 17.2 Å². The zero-order valence-electron chi connectivity index (χ0n) is 10.4. The molecule has 17 heavy (non-hydrogen) atoms. The predicted molar refractivity (Wildman–Crippen MR) is 70.5 cm³/mol. The van der Waals surface area contributed by atoms with Crippen molar-refractivity contribution in [3.05, 3.63) is 11.1 Å². The molecule has 4 nitrogen and oxygen atoms in total. The molecule has 5 heteroatoms. The molecule has 1 fully saturated rings. The Hall–Kier alpha value is -0.940. The second-order valence-corrected chi connectivity index (χ2v) is 5.25. The summed E-state index contributed by atoms with van der Waals surface area (Å²) in [5.74, 6) is 0.180. The summed E-state index contributed by atoms with van der Waals surface area (Å²) in [6, 6.07) is -0.0205. The van der Waals surface area contributed by atoms with Crippen LogP contribution in [0.25, 0.3) is 0 Å². The zero-order valence-corrected chi connectivity index (χ0v) is 11.2. The molecule has 1 N–H and O–H groups in total. The number of rotatable bonds is 4. The van der Waals surface area contributed by atoms with Crippen molar-refractivity contribution in [1.29, 1.82) is 0 Å². The number of anilines is 1. The van der Waals surface area contributed by atoms with Gasteiger partial charge in [0.1, 0.15) is 0 Å². The van der Waals surface area contributed by atoms with E-state index >= 15 is 0 Å². The van der Waals surface area contributed by atoms with Gasteiger partial charge in [0.25, 0.3) is 0 Å². The van der Waals surface area contributed by atoms with E-state index < -0.39 is 0 Å². The van der Waals surface area contributed by atoms with E-state index in [9.17, 15) is 4.79 Å². The second kappa shape index (κ2) is 5.60. The average Bonchev–Trinajstić information content (AvgIpc) is 2.74. The maximum atomic E-state index is 12.3. The van der Waals surface area contributed by atoms with Gasteiger partial charge in [-0.1, -0.05) is 6.92 Å². The lowest BCUT2D eigenvalue weighted by Gasteiger charge is -2.30. The summed E-state index contributed by atoms with van der Waals surface area (Å²) in [6.07, 6.45) is 3.05. The third-order valence-corrected chi connectivity index (χ3v) is 3.90. The van der Waals surface area contributed by atoms with Crippen LogP contribution in [0.1, 0.15) is 31.9 Å². The molecule has 1 aromatic rings. The summed E-state index contributed by atoms with van der Waals surface area (Å²) in [5, 5.41) is 6.15. The fourth-order valence-corrected chi connectivity index (χ4v) is 2.87. The van der Waals surface area contributed by atoms with Crippen molar-refractivity contribution in [2.45, 2.75) is 39.2 Å². The highest BCUT2D eigenvalue weighted by molar-refractivity contribution is 7.14. The molecule has 1 aliphatic rings. The van der Waals surface area contributed by atoms with Gasteiger partial charge >= 0.3 is 0 Å². The summed E-state index contributed by atoms with van der Waals surface area (Å²) < 4.78 is 0. The van der Waals surface area contributed by atoms with Gasteiger partial charge in [-0.3, -0.25) is 9.69 Å². The molecule has 0 radical (unpaired) electrons. The third kappa shape index (κ3) is 2.84. The van der Waals surface area contributed by atoms with Crippen LogP contribution in [0, 0.1) is 6.92 Å². The number of nitrogens with zero attached hydrogens (tertiary/aromatic N) is 2. The molecular weight excluding hydrogens is 234 g/mol. The van der Waals surface area contributed by atoms with Gasteiger partial charge in [-0.15, -0.1) is 11.3 Å². The fourth-order valence-electron chi connectivity index (χ4n) is 2.04. The zero-order chi connectivity index (χ0) is 12.3. The fraction of sp³-hybridized carbons (Fsp3) is 0.667. The van der Waals surface area contributed by atoms with Crippen LogP contribution in [-0.4, -0.2) is 30.0 Å². The van der Waals surface area contributed by atoms with Gasteiger partial charge in [0.05, 0.1) is 11.7 Å². The first-order valence-electron chi connectivity index (χ1n) is 6.19. The number of carbonyl (C=O) groups excluding carboxylic acids is 1. The van der Waals surface area contributed by atoms with Crippen molar-refractivity contribution in [2.24, 2.45) is 0 Å². The Labute approximate surface area is 106 Å². The monoisotopic (exact) mass is 253 g/mol. The number of hydrogen-bond donors (Lipinski definition) is 1. The molecule has 1 unspecified atom stereocenters. The van der Waals surface area contributed by atoms with Crippen LogP contribution in [0.15, 0.2) is 5.38 Å². The minimum absolute atomic E-state index is 0.0205. The summed E-state index contributed by atoms with van der Waals surface area (Å²) in [5.41, 5.74) is 0.987. The van der Waals surface area contributed by atoms with Crippen molar-refractivity contribution in [1.82, 2.24) is 10.3 Å². The highest BCUT2D eigenvalue weighted by Gasteiger charge is 2.30. The standard InChI is InChI=1S/C12H19N3OS/c1-3-6-13-10-5-4-7-15(11(10)16)12-14-9(2)8-17-12/h8,10,13H,3-7H2,1-2H3. The van der Waals surface area contributed by atoms with Gasteiger partial charge < -0.3 is 5.32 Å². The van der Waals surface area contributed by atoms with Gasteiger partial charge in [-0.25, -0.2) is 4.98 Å². The molecule has 94 valence electrons. The number of carbonyl (C=O) groups is 1. The molecule has 0 aromatic carbocycles. The van der Waals surface area contributed by atoms with Crippen LogP contribution in [0.5, 0.6) is 0 Å². The van der Waals surface area contributed by atoms with Gasteiger partial charge in [0, 0.05) is 11.9 Å². The third-order valence-electron chi connectivity index (χ3n) is 2.92. The number of hydrogen-bond acceptors (Lipinski definition) is 4. The quantitative estimate of drug-likeness (QED) is 0.892. The van der Waals surface area contributed by atoms with Crippen LogP contribution in [-0.2, 0) is 4.79 Å². The van der Waals surface area contributed by atoms with E-state index in [0.29, 0.717) is 0 Å². The molecule has 0 bridgehead atoms. The van der Waals surface area contributed by atoms with Crippen LogP contribution in [0.3, 0.4) is 0 Å². The lowest BCUT2D eigenvalue weighted by atomic mass is 10.1. The Morgan fingerprint density at radius 3 is 3.12 bits per heavy atom. The molecule has 0 spiro atoms. The van der Waals surface area contributed by atoms with Crippen LogP contribution in [0.4, 0.5) is 5.13 Å². The molecule has 0 saturated carbocycles. The normalized spacial score (nSPS) is 20.9. The Balaban J connectivity index is 2.05. The van der Waals surface area contributed by atoms with Crippen LogP contribution < -0.4 is 10.2 Å². The Bertz CT molecular complexity index is 391. The number of piperidine rings is 1. The van der Waals surface area contributed by atoms with Crippen LogP contribution in [0.2, 0.25) is 0 Å². The van der Waals surface area contributed by atoms with E-state index in [-0.39, 0.29) is 11.9 Å². The van der Waals surface area contributed by atoms with Gasteiger partial charge in [-0.05, 0) is 32.7 Å². The number of aryl methyl sites for hydroxylation is 1. The van der Waals surface area contributed by atoms with E-state index in [1.807, 2.05) is 17.2 Å². The highest BCUT2D eigenvalue weighted by atomic mass is 32.1. The molecule has 0 aliphatic carbocycles. The van der Waals surface area contributed by atoms with Crippen LogP contribution >= 0.6 is 11.3 Å². The highest BCUT2D eigenvalue weighted by Crippen LogP contribution is 2.24. The first-order valence-corrected chi connectivity index (χ1v) is 7.07. The number of aromatic nitrogens is 1. The molecule has 1 amide bonds. The minimum Gasteiger partial charge on any atom is -0.306 e. The maximum absolute atomic E-state index is 12.3. The molecular formula is C12H19N3OS. The van der Waals surface area contributed by atoms with E-state index in [1.54, 1.807) is 11.3 Å². The van der Waals surface area contributed by atoms with E-state index in [0.717, 1.165) is 43.2 Å². The number of nitrogens with one attached hydrogen (secondary N) is 1. The molecule has 2 rings (SSSR count). The predicted octanol–water partition coefficient (Wildman–Crippen LogP) is 1.95. The molecule has 2 heterocycles. The maximum Gasteiger partial charge on any atom is 0.245 e. The van der Waals surface area contributed by atoms with Gasteiger partial charge in [0.2, 0.25) is 5.91 Å². The summed E-state index contributed by atoms with van der Waals surface area (Å²) in [7, 11) is 0. The van der Waals surface area contributed by atoms with Crippen molar-refractivity contribution in [3.8, 4) is 0 Å². The SMILES string of the molecule is CCCNC1CCCN(c2nc(C)cs2)C1=O. The second-order valence-electron chi connectivity index (χ2n) is 4.41. The Morgan fingerprint density at radius 1 is 1.65 bits per heavy atom. The van der Waals surface area contributed by atoms with Crippen molar-refractivity contribution in [2.75, 3.05) is 18.0 Å². The topological polar surface area (TPSA) is 45.2 Å². The molecule has 1 aromatic heterocycles. The van der Waals surface area contributed by atoms with Crippen molar-refractivity contribution in [3.63, 3.8) is 0 Å². The van der Waals surface area contributed by atoms with Gasteiger partial charge in [-0.2, -0.15) is 0 Å². The van der Waals surface area contributed by atoms with E-state index in [1.165, 1.54) is 0 Å². The molecule has 1 saturated heterocycles. The summed E-state index contributed by atoms with van der Waals surface area (Å²) in [6.45, 7) is 5.78. The Kier molecular flexibility index (Phi) is 4.12. The number of thiazole rings is 1. The molecule has 1 atom stereocenters. The van der Waals surface area contributed by atoms with E-state index in [4.69, 9.17) is 0 Å². The van der Waals surface area contributed by atoms with Crippen molar-refractivity contribution < 1.29 is 4.79 Å². The smallest absolute Gasteiger partial charge is 0.245 e. The minimum atomic E-state index is -0.0205. The summed E-state index contributed by atoms with van der Waals surface area (Å²) >= 11 is 1.55. The van der Waals surface area contributed by atoms with Crippen molar-refractivity contribution >= 4 is 22.4 Å².